The number of aromatic nitrogens is 1. The fourth-order valence-corrected chi connectivity index (χ4v) is 2.59. The van der Waals surface area contributed by atoms with Crippen molar-refractivity contribution in [3.63, 3.8) is 0 Å². The van der Waals surface area contributed by atoms with Gasteiger partial charge in [-0.15, -0.1) is 0 Å². The van der Waals surface area contributed by atoms with Crippen molar-refractivity contribution < 1.29 is 23.1 Å². The summed E-state index contributed by atoms with van der Waals surface area (Å²) in [6, 6.07) is 6.24. The Morgan fingerprint density at radius 1 is 1.28 bits per heavy atom. The average molecular weight is 354 g/mol. The number of nitrogens with zero attached hydrogens (tertiary/aromatic N) is 1. The summed E-state index contributed by atoms with van der Waals surface area (Å²) in [5, 5.41) is 8.81. The van der Waals surface area contributed by atoms with Gasteiger partial charge in [0.15, 0.2) is 0 Å². The lowest BCUT2D eigenvalue weighted by atomic mass is 9.98. The quantitative estimate of drug-likeness (QED) is 0.882. The molecule has 0 fully saturated rings. The number of aryl methyl sites for hydroxylation is 1. The van der Waals surface area contributed by atoms with Gasteiger partial charge in [-0.05, 0) is 36.1 Å². The van der Waals surface area contributed by atoms with Gasteiger partial charge in [0.25, 0.3) is 5.56 Å². The summed E-state index contributed by atoms with van der Waals surface area (Å²) in [5.74, 6) is -1.13. The summed E-state index contributed by atoms with van der Waals surface area (Å²) < 4.78 is 39.5. The van der Waals surface area contributed by atoms with Crippen LogP contribution in [0.1, 0.15) is 16.8 Å². The van der Waals surface area contributed by atoms with E-state index in [1.165, 1.54) is 6.92 Å². The number of carboxylic acid groups (broad SMARTS) is 1. The first-order chi connectivity index (χ1) is 11.5. The van der Waals surface area contributed by atoms with Gasteiger partial charge >= 0.3 is 12.1 Å². The minimum Gasteiger partial charge on any atom is -0.480 e. The van der Waals surface area contributed by atoms with Crippen LogP contribution < -0.4 is 11.3 Å². The van der Waals surface area contributed by atoms with Gasteiger partial charge in [0.05, 0.1) is 5.56 Å². The molecule has 0 aliphatic heterocycles. The molecule has 1 aromatic carbocycles. The normalized spacial score (nSPS) is 12.9. The largest absolute Gasteiger partial charge is 0.480 e. The van der Waals surface area contributed by atoms with Crippen LogP contribution in [0, 0.1) is 6.92 Å². The van der Waals surface area contributed by atoms with Crippen LogP contribution in [0.3, 0.4) is 0 Å². The van der Waals surface area contributed by atoms with Crippen molar-refractivity contribution in [2.75, 3.05) is 0 Å². The smallest absolute Gasteiger partial charge is 0.431 e. The number of carboxylic acids is 1. The molecule has 0 bridgehead atoms. The third-order valence-corrected chi connectivity index (χ3v) is 3.93. The molecule has 2 aromatic rings. The van der Waals surface area contributed by atoms with Crippen LogP contribution in [0.4, 0.5) is 13.2 Å². The second-order valence-corrected chi connectivity index (χ2v) is 5.80. The number of carbonyl (C=O) groups is 1. The van der Waals surface area contributed by atoms with E-state index >= 15 is 0 Å². The molecule has 1 unspecified atom stereocenters. The Labute approximate surface area is 141 Å². The second-order valence-electron chi connectivity index (χ2n) is 5.80. The van der Waals surface area contributed by atoms with Crippen LogP contribution >= 0.6 is 0 Å². The molecule has 0 aliphatic carbocycles. The lowest BCUT2D eigenvalue weighted by Crippen LogP contribution is -2.32. The number of benzene rings is 1. The van der Waals surface area contributed by atoms with E-state index in [0.29, 0.717) is 15.7 Å². The van der Waals surface area contributed by atoms with Crippen LogP contribution in [0.5, 0.6) is 0 Å². The summed E-state index contributed by atoms with van der Waals surface area (Å²) in [6.07, 6.45) is -4.51. The van der Waals surface area contributed by atoms with E-state index in [-0.39, 0.29) is 17.5 Å². The number of nitrogens with two attached hydrogens (primary N) is 1. The number of pyridine rings is 1. The van der Waals surface area contributed by atoms with Crippen molar-refractivity contribution in [3.8, 4) is 11.1 Å². The maximum atomic E-state index is 13.0. The minimum atomic E-state index is -4.62. The zero-order valence-corrected chi connectivity index (χ0v) is 13.6. The lowest BCUT2D eigenvalue weighted by Gasteiger charge is -2.16. The highest BCUT2D eigenvalue weighted by Gasteiger charge is 2.34. The highest BCUT2D eigenvalue weighted by Crippen LogP contribution is 2.31. The minimum absolute atomic E-state index is 0.111. The molecule has 0 saturated heterocycles. The topological polar surface area (TPSA) is 85.3 Å². The van der Waals surface area contributed by atoms with Gasteiger partial charge in [-0.25, -0.2) is 0 Å². The molecule has 0 radical (unpaired) electrons. The monoisotopic (exact) mass is 354 g/mol. The highest BCUT2D eigenvalue weighted by molar-refractivity contribution is 5.73. The van der Waals surface area contributed by atoms with Gasteiger partial charge in [0.2, 0.25) is 0 Å². The zero-order chi connectivity index (χ0) is 18.9. The van der Waals surface area contributed by atoms with Gasteiger partial charge in [-0.1, -0.05) is 24.3 Å². The van der Waals surface area contributed by atoms with E-state index in [2.05, 4.69) is 0 Å². The van der Waals surface area contributed by atoms with Crippen LogP contribution in [0.25, 0.3) is 11.1 Å². The van der Waals surface area contributed by atoms with Gasteiger partial charge in [-0.3, -0.25) is 9.59 Å². The third-order valence-electron chi connectivity index (χ3n) is 3.93. The van der Waals surface area contributed by atoms with Crippen LogP contribution in [0.15, 0.2) is 35.1 Å². The molecule has 3 N–H and O–H groups in total. The molecule has 25 heavy (non-hydrogen) atoms. The lowest BCUT2D eigenvalue weighted by molar-refractivity contribution is -0.143. The van der Waals surface area contributed by atoms with Crippen LogP contribution in [-0.4, -0.2) is 21.7 Å². The highest BCUT2D eigenvalue weighted by atomic mass is 19.4. The number of halogens is 3. The van der Waals surface area contributed by atoms with Crippen molar-refractivity contribution in [3.05, 3.63) is 57.5 Å². The first kappa shape index (κ1) is 18.7. The van der Waals surface area contributed by atoms with Gasteiger partial charge in [0.1, 0.15) is 11.7 Å². The number of hydrogen-bond acceptors (Lipinski definition) is 3. The maximum Gasteiger partial charge on any atom is 0.431 e. The predicted octanol–water partition coefficient (Wildman–Crippen LogP) is 2.33. The summed E-state index contributed by atoms with van der Waals surface area (Å²) in [4.78, 5) is 23.1. The SMILES string of the molecule is Cc1cc(C(F)(F)F)n(C)c(=O)c1-c1ccc(CC(N)C(=O)O)cc1. The predicted molar refractivity (Wildman–Crippen MR) is 86.2 cm³/mol. The summed E-state index contributed by atoms with van der Waals surface area (Å²) >= 11 is 0. The van der Waals surface area contributed by atoms with E-state index in [1.807, 2.05) is 0 Å². The number of alkyl halides is 3. The van der Waals surface area contributed by atoms with Crippen molar-refractivity contribution in [1.29, 1.82) is 0 Å². The molecule has 0 spiro atoms. The van der Waals surface area contributed by atoms with Gasteiger partial charge in [0, 0.05) is 7.05 Å². The van der Waals surface area contributed by atoms with Crippen molar-refractivity contribution in [1.82, 2.24) is 4.57 Å². The van der Waals surface area contributed by atoms with Crippen LogP contribution in [-0.2, 0) is 24.4 Å². The standard InChI is InChI=1S/C17H17F3N2O3/c1-9-7-13(17(18,19)20)22(2)15(23)14(9)11-5-3-10(4-6-11)8-12(21)16(24)25/h3-7,12H,8,21H2,1-2H3,(H,24,25). The van der Waals surface area contributed by atoms with Gasteiger partial charge in [-0.2, -0.15) is 13.2 Å². The van der Waals surface area contributed by atoms with Crippen molar-refractivity contribution in [2.24, 2.45) is 12.8 Å². The van der Waals surface area contributed by atoms with Crippen molar-refractivity contribution in [2.45, 2.75) is 25.6 Å². The third kappa shape index (κ3) is 3.90. The average Bonchev–Trinajstić information content (AvgIpc) is 2.51. The van der Waals surface area contributed by atoms with E-state index in [0.717, 1.165) is 13.1 Å². The molecule has 0 saturated carbocycles. The molecule has 8 heteroatoms. The van der Waals surface area contributed by atoms with Gasteiger partial charge < -0.3 is 15.4 Å². The fourth-order valence-electron chi connectivity index (χ4n) is 2.59. The Hall–Kier alpha value is -2.61. The van der Waals surface area contributed by atoms with E-state index < -0.39 is 29.4 Å². The van der Waals surface area contributed by atoms with E-state index in [9.17, 15) is 22.8 Å². The molecule has 1 aromatic heterocycles. The van der Waals surface area contributed by atoms with Crippen molar-refractivity contribution >= 4 is 5.97 Å². The molecular formula is C17H17F3N2O3. The second kappa shape index (κ2) is 6.72. The zero-order valence-electron chi connectivity index (χ0n) is 13.6. The summed E-state index contributed by atoms with van der Waals surface area (Å²) in [5.41, 5.74) is 5.20. The Morgan fingerprint density at radius 3 is 2.32 bits per heavy atom. The van der Waals surface area contributed by atoms with Crippen LogP contribution in [0.2, 0.25) is 0 Å². The molecule has 134 valence electrons. The van der Waals surface area contributed by atoms with E-state index in [4.69, 9.17) is 10.8 Å². The van der Waals surface area contributed by atoms with E-state index in [1.54, 1.807) is 24.3 Å². The molecule has 1 atom stereocenters. The first-order valence-electron chi connectivity index (χ1n) is 7.38. The molecular weight excluding hydrogens is 337 g/mol. The maximum absolute atomic E-state index is 13.0. The number of rotatable bonds is 4. The Balaban J connectivity index is 2.45. The summed E-state index contributed by atoms with van der Waals surface area (Å²) in [7, 11) is 1.08. The molecule has 1 heterocycles. The first-order valence-corrected chi connectivity index (χ1v) is 7.38. The molecule has 0 aliphatic rings. The number of aliphatic carboxylic acids is 1. The fraction of sp³-hybridized carbons (Fsp3) is 0.294. The molecule has 2 rings (SSSR count). The molecule has 0 amide bonds. The Bertz CT molecular complexity index is 855. The Morgan fingerprint density at radius 2 is 1.84 bits per heavy atom. The Kier molecular flexibility index (Phi) is 5.03. The molecule has 5 nitrogen and oxygen atoms in total. The number of hydrogen-bond donors (Lipinski definition) is 2. The summed E-state index contributed by atoms with van der Waals surface area (Å²) in [6.45, 7) is 1.44.